The summed E-state index contributed by atoms with van der Waals surface area (Å²) in [5, 5.41) is 9.63. The highest BCUT2D eigenvalue weighted by molar-refractivity contribution is 5.71. The molecule has 0 amide bonds. The number of allylic oxidation sites excluding steroid dienone is 6. The Morgan fingerprint density at radius 1 is 0.517 bits per heavy atom. The zero-order chi connectivity index (χ0) is 42.8. The number of quaternary nitrogens is 1. The van der Waals surface area contributed by atoms with E-state index in [0.29, 0.717) is 17.4 Å². The molecule has 0 aliphatic heterocycles. The first-order valence-electron chi connectivity index (χ1n) is 23.7. The summed E-state index contributed by atoms with van der Waals surface area (Å²) in [4.78, 5) is 37.1. The first-order chi connectivity index (χ1) is 28.1. The molecule has 0 fully saturated rings. The molecule has 0 saturated heterocycles. The van der Waals surface area contributed by atoms with E-state index in [4.69, 9.17) is 18.9 Å². The number of hydrogen-bond donors (Lipinski definition) is 1. The van der Waals surface area contributed by atoms with Crippen LogP contribution >= 0.6 is 0 Å². The van der Waals surface area contributed by atoms with Crippen molar-refractivity contribution >= 4 is 17.9 Å². The van der Waals surface area contributed by atoms with Crippen LogP contribution in [-0.2, 0) is 33.3 Å². The SMILES string of the molecule is CCC/C=C\CCCCCCCC(=O)OCC(COC(OCC[N+](C)(C)C)C(=O)O)OC(=O)CCCCCCCCCCCCC/C=C\C/C=C\CCCCCCC. The Balaban J connectivity index is 4.29. The first-order valence-corrected chi connectivity index (χ1v) is 23.7. The number of hydrogen-bond acceptors (Lipinski definition) is 7. The number of aliphatic carboxylic acids is 1. The van der Waals surface area contributed by atoms with Gasteiger partial charge in [0.05, 0.1) is 34.4 Å². The van der Waals surface area contributed by atoms with E-state index in [1.807, 2.05) is 21.1 Å². The van der Waals surface area contributed by atoms with Gasteiger partial charge in [0.2, 0.25) is 0 Å². The molecule has 0 radical (unpaired) electrons. The van der Waals surface area contributed by atoms with Gasteiger partial charge in [0.15, 0.2) is 6.10 Å². The third kappa shape index (κ3) is 41.7. The van der Waals surface area contributed by atoms with Crippen molar-refractivity contribution < 1.29 is 42.9 Å². The van der Waals surface area contributed by atoms with E-state index < -0.39 is 24.3 Å². The van der Waals surface area contributed by atoms with Gasteiger partial charge in [-0.25, -0.2) is 4.79 Å². The lowest BCUT2D eigenvalue weighted by Crippen LogP contribution is -2.40. The molecule has 1 N–H and O–H groups in total. The van der Waals surface area contributed by atoms with Crippen LogP contribution in [0, 0.1) is 0 Å². The lowest BCUT2D eigenvalue weighted by molar-refractivity contribution is -0.870. The van der Waals surface area contributed by atoms with Crippen LogP contribution in [0.3, 0.4) is 0 Å². The Bertz CT molecular complexity index is 1050. The fourth-order valence-corrected chi connectivity index (χ4v) is 6.40. The number of carboxylic acid groups (broad SMARTS) is 1. The van der Waals surface area contributed by atoms with Crippen LogP contribution in [0.5, 0.6) is 0 Å². The minimum Gasteiger partial charge on any atom is -0.477 e. The molecule has 2 unspecified atom stereocenters. The molecule has 58 heavy (non-hydrogen) atoms. The summed E-state index contributed by atoms with van der Waals surface area (Å²) < 4.78 is 22.7. The van der Waals surface area contributed by atoms with Gasteiger partial charge >= 0.3 is 17.9 Å². The van der Waals surface area contributed by atoms with Crippen molar-refractivity contribution in [1.29, 1.82) is 0 Å². The predicted octanol–water partition coefficient (Wildman–Crippen LogP) is 12.6. The molecular formula is C49H90NO8+. The van der Waals surface area contributed by atoms with Gasteiger partial charge in [-0.3, -0.25) is 9.59 Å². The average molecular weight is 821 g/mol. The van der Waals surface area contributed by atoms with Crippen LogP contribution in [-0.4, -0.2) is 87.4 Å². The molecule has 0 aromatic heterocycles. The topological polar surface area (TPSA) is 108 Å². The number of carbonyl (C=O) groups excluding carboxylic acids is 2. The number of carbonyl (C=O) groups is 3. The van der Waals surface area contributed by atoms with E-state index >= 15 is 0 Å². The molecule has 2 atom stereocenters. The average Bonchev–Trinajstić information content (AvgIpc) is 3.18. The number of esters is 2. The summed E-state index contributed by atoms with van der Waals surface area (Å²) in [7, 11) is 5.95. The van der Waals surface area contributed by atoms with E-state index in [1.54, 1.807) is 0 Å². The molecule has 0 aliphatic rings. The third-order valence-electron chi connectivity index (χ3n) is 10.1. The van der Waals surface area contributed by atoms with Crippen LogP contribution in [0.15, 0.2) is 36.5 Å². The Kier molecular flexibility index (Phi) is 39.5. The maximum Gasteiger partial charge on any atom is 0.361 e. The van der Waals surface area contributed by atoms with Gasteiger partial charge in [-0.15, -0.1) is 0 Å². The van der Waals surface area contributed by atoms with Crippen molar-refractivity contribution in [2.45, 2.75) is 212 Å². The summed E-state index contributed by atoms with van der Waals surface area (Å²) in [6.45, 7) is 4.79. The van der Waals surface area contributed by atoms with E-state index in [1.165, 1.54) is 103 Å². The van der Waals surface area contributed by atoms with Crippen molar-refractivity contribution in [3.63, 3.8) is 0 Å². The van der Waals surface area contributed by atoms with Crippen LogP contribution in [0.4, 0.5) is 0 Å². The van der Waals surface area contributed by atoms with Gasteiger partial charge in [0.1, 0.15) is 13.2 Å². The predicted molar refractivity (Wildman–Crippen MR) is 240 cm³/mol. The zero-order valence-corrected chi connectivity index (χ0v) is 38.2. The van der Waals surface area contributed by atoms with Crippen molar-refractivity contribution in [1.82, 2.24) is 0 Å². The molecular weight excluding hydrogens is 731 g/mol. The van der Waals surface area contributed by atoms with Crippen molar-refractivity contribution in [3.05, 3.63) is 36.5 Å². The van der Waals surface area contributed by atoms with Crippen molar-refractivity contribution in [2.75, 3.05) is 47.5 Å². The quantitative estimate of drug-likeness (QED) is 0.0213. The van der Waals surface area contributed by atoms with Crippen LogP contribution < -0.4 is 0 Å². The number of unbranched alkanes of at least 4 members (excludes halogenated alkanes) is 22. The van der Waals surface area contributed by atoms with Crippen molar-refractivity contribution in [2.24, 2.45) is 0 Å². The van der Waals surface area contributed by atoms with E-state index in [0.717, 1.165) is 70.6 Å². The molecule has 9 nitrogen and oxygen atoms in total. The standard InChI is InChI=1S/C49H89NO8/c1-6-8-10-12-14-16-18-19-20-21-22-23-24-25-26-27-28-29-30-32-34-36-38-40-47(52)58-45(44-57-49(48(53)54)55-42-41-50(3,4)5)43-56-46(51)39-37-35-33-31-17-15-13-11-9-7-2/h11,13,18-19,21-22,45,49H,6-10,12,14-17,20,23-44H2,1-5H3/p+1/b13-11-,19-18-,22-21-. The van der Waals surface area contributed by atoms with Gasteiger partial charge in [-0.1, -0.05) is 159 Å². The monoisotopic (exact) mass is 821 g/mol. The molecule has 0 aliphatic carbocycles. The normalized spacial score (nSPS) is 13.2. The second kappa shape index (κ2) is 41.3. The highest BCUT2D eigenvalue weighted by Crippen LogP contribution is 2.15. The fourth-order valence-electron chi connectivity index (χ4n) is 6.40. The molecule has 338 valence electrons. The zero-order valence-electron chi connectivity index (χ0n) is 38.2. The lowest BCUT2D eigenvalue weighted by atomic mass is 10.0. The van der Waals surface area contributed by atoms with E-state index in [2.05, 4.69) is 50.3 Å². The Morgan fingerprint density at radius 2 is 0.966 bits per heavy atom. The van der Waals surface area contributed by atoms with Gasteiger partial charge in [-0.05, 0) is 64.2 Å². The molecule has 0 heterocycles. The lowest BCUT2D eigenvalue weighted by Gasteiger charge is -2.25. The molecule has 0 aromatic rings. The maximum atomic E-state index is 12.8. The maximum absolute atomic E-state index is 12.8. The summed E-state index contributed by atoms with van der Waals surface area (Å²) in [5.74, 6) is -2.02. The van der Waals surface area contributed by atoms with Gasteiger partial charge < -0.3 is 28.5 Å². The highest BCUT2D eigenvalue weighted by Gasteiger charge is 2.25. The molecule has 0 rings (SSSR count). The smallest absolute Gasteiger partial charge is 0.361 e. The molecule has 0 bridgehead atoms. The molecule has 0 saturated carbocycles. The number of rotatable bonds is 43. The number of likely N-dealkylation sites (N-methyl/N-ethyl adjacent to an activating group) is 1. The number of ether oxygens (including phenoxy) is 4. The Morgan fingerprint density at radius 3 is 1.45 bits per heavy atom. The van der Waals surface area contributed by atoms with Crippen molar-refractivity contribution in [3.8, 4) is 0 Å². The third-order valence-corrected chi connectivity index (χ3v) is 10.1. The molecule has 0 spiro atoms. The highest BCUT2D eigenvalue weighted by atomic mass is 16.7. The van der Waals surface area contributed by atoms with Gasteiger partial charge in [0.25, 0.3) is 6.29 Å². The number of nitrogens with zero attached hydrogens (tertiary/aromatic N) is 1. The minimum absolute atomic E-state index is 0.186. The summed E-state index contributed by atoms with van der Waals surface area (Å²) in [6, 6.07) is 0. The minimum atomic E-state index is -1.51. The summed E-state index contributed by atoms with van der Waals surface area (Å²) in [5.41, 5.74) is 0. The van der Waals surface area contributed by atoms with Gasteiger partial charge in [0, 0.05) is 12.8 Å². The Hall–Kier alpha value is -2.49. The summed E-state index contributed by atoms with van der Waals surface area (Å²) >= 11 is 0. The van der Waals surface area contributed by atoms with Crippen LogP contribution in [0.1, 0.15) is 200 Å². The van der Waals surface area contributed by atoms with Crippen LogP contribution in [0.25, 0.3) is 0 Å². The van der Waals surface area contributed by atoms with Gasteiger partial charge in [-0.2, -0.15) is 0 Å². The molecule has 9 heteroatoms. The second-order valence-corrected chi connectivity index (χ2v) is 17.1. The first kappa shape index (κ1) is 55.5. The Labute approximate surface area is 356 Å². The van der Waals surface area contributed by atoms with E-state index in [-0.39, 0.29) is 32.2 Å². The molecule has 0 aromatic carbocycles. The number of carboxylic acids is 1. The van der Waals surface area contributed by atoms with Crippen LogP contribution in [0.2, 0.25) is 0 Å². The van der Waals surface area contributed by atoms with E-state index in [9.17, 15) is 19.5 Å². The second-order valence-electron chi connectivity index (χ2n) is 17.1. The summed E-state index contributed by atoms with van der Waals surface area (Å²) in [6.07, 6.45) is 43.6. The largest absolute Gasteiger partial charge is 0.477 e. The fraction of sp³-hybridized carbons (Fsp3) is 0.816.